The molecule has 0 aromatic heterocycles. The van der Waals surface area contributed by atoms with Crippen molar-refractivity contribution in [2.45, 2.75) is 328 Å². The van der Waals surface area contributed by atoms with Gasteiger partial charge in [-0.15, -0.1) is 0 Å². The maximum Gasteiger partial charge on any atom is 0.306 e. The van der Waals surface area contributed by atoms with E-state index >= 15 is 0 Å². The van der Waals surface area contributed by atoms with Crippen LogP contribution in [0.4, 0.5) is 0 Å². The van der Waals surface area contributed by atoms with E-state index in [0.717, 1.165) is 103 Å². The van der Waals surface area contributed by atoms with Crippen LogP contribution in [0.2, 0.25) is 0 Å². The highest BCUT2D eigenvalue weighted by Crippen LogP contribution is 2.38. The summed E-state index contributed by atoms with van der Waals surface area (Å²) in [5, 5.41) is 0. The van der Waals surface area contributed by atoms with Crippen LogP contribution < -0.4 is 4.89 Å². The molecule has 9 nitrogen and oxygen atoms in total. The van der Waals surface area contributed by atoms with Gasteiger partial charge in [-0.3, -0.25) is 14.2 Å². The number of rotatable bonds is 68. The molecule has 2 unspecified atom stereocenters. The molecule has 10 heteroatoms. The summed E-state index contributed by atoms with van der Waals surface area (Å²) in [4.78, 5) is 38.1. The van der Waals surface area contributed by atoms with Gasteiger partial charge in [-0.1, -0.05) is 328 Å². The van der Waals surface area contributed by atoms with Crippen molar-refractivity contribution in [2.24, 2.45) is 0 Å². The van der Waals surface area contributed by atoms with E-state index in [9.17, 15) is 19.0 Å². The summed E-state index contributed by atoms with van der Waals surface area (Å²) in [6, 6.07) is 0. The van der Waals surface area contributed by atoms with Gasteiger partial charge >= 0.3 is 11.9 Å². The number of quaternary nitrogens is 1. The van der Waals surface area contributed by atoms with Crippen molar-refractivity contribution in [1.29, 1.82) is 0 Å². The van der Waals surface area contributed by atoms with Crippen LogP contribution in [0.3, 0.4) is 0 Å². The van der Waals surface area contributed by atoms with Crippen molar-refractivity contribution in [3.8, 4) is 0 Å². The van der Waals surface area contributed by atoms with Gasteiger partial charge in [0.15, 0.2) is 6.10 Å². The van der Waals surface area contributed by atoms with Crippen LogP contribution in [0, 0.1) is 0 Å². The number of hydrogen-bond donors (Lipinski definition) is 0. The second kappa shape index (κ2) is 69.7. The van der Waals surface area contributed by atoms with Crippen LogP contribution >= 0.6 is 7.82 Å². The first kappa shape index (κ1) is 86.4. The van der Waals surface area contributed by atoms with Gasteiger partial charge in [0.05, 0.1) is 27.7 Å². The molecule has 0 aromatic carbocycles. The average Bonchev–Trinajstić information content (AvgIpc) is 3.58. The van der Waals surface area contributed by atoms with Gasteiger partial charge < -0.3 is 27.9 Å². The van der Waals surface area contributed by atoms with Crippen molar-refractivity contribution in [3.63, 3.8) is 0 Å². The minimum absolute atomic E-state index is 0.0341. The normalized spacial score (nSPS) is 13.8. The van der Waals surface area contributed by atoms with Gasteiger partial charge in [0, 0.05) is 12.8 Å². The molecule has 0 saturated carbocycles. The first-order valence-corrected chi connectivity index (χ1v) is 38.7. The molecule has 0 fully saturated rings. The molecular weight excluding hydrogens is 1130 g/mol. The Kier molecular flexibility index (Phi) is 67.0. The van der Waals surface area contributed by atoms with Gasteiger partial charge in [0.1, 0.15) is 19.8 Å². The Morgan fingerprint density at radius 2 is 0.600 bits per heavy atom. The molecule has 0 aliphatic carbocycles. The van der Waals surface area contributed by atoms with E-state index in [2.05, 4.69) is 135 Å². The van der Waals surface area contributed by atoms with Crippen molar-refractivity contribution >= 4 is 19.8 Å². The molecule has 2 atom stereocenters. The number of phosphoric acid groups is 1. The van der Waals surface area contributed by atoms with E-state index in [0.29, 0.717) is 17.4 Å². The summed E-state index contributed by atoms with van der Waals surface area (Å²) in [5.41, 5.74) is 0. The molecule has 0 radical (unpaired) electrons. The molecule has 0 saturated heterocycles. The number of phosphoric ester groups is 1. The zero-order chi connectivity index (χ0) is 65.5. The van der Waals surface area contributed by atoms with Crippen molar-refractivity contribution in [1.82, 2.24) is 0 Å². The Morgan fingerprint density at radius 3 is 0.889 bits per heavy atom. The molecule has 0 bridgehead atoms. The summed E-state index contributed by atoms with van der Waals surface area (Å²) in [6.45, 7) is 4.04. The third kappa shape index (κ3) is 73.5. The molecule has 0 aromatic rings. The fourth-order valence-corrected chi connectivity index (χ4v) is 11.1. The van der Waals surface area contributed by atoms with Crippen LogP contribution in [-0.2, 0) is 32.7 Å². The van der Waals surface area contributed by atoms with Crippen LogP contribution in [0.15, 0.2) is 122 Å². The maximum atomic E-state index is 12.9. The molecule has 518 valence electrons. The Labute approximate surface area is 556 Å². The monoisotopic (exact) mass is 1270 g/mol. The highest BCUT2D eigenvalue weighted by molar-refractivity contribution is 7.45. The zero-order valence-corrected chi connectivity index (χ0v) is 59.9. The number of unbranched alkanes of at least 4 members (excludes halogenated alkanes) is 34. The largest absolute Gasteiger partial charge is 0.756 e. The standard InChI is InChI=1S/C80H140NO8P/c1-6-8-10-12-14-16-18-20-22-24-26-28-30-32-34-36-38-39-40-41-43-44-46-48-50-52-54-56-58-60-62-64-66-68-70-72-79(82)86-76-78(77-88-90(84,85)87-75-74-81(3,4)5)89-80(83)73-71-69-67-65-63-61-59-57-55-53-51-49-47-45-42-37-35-33-31-29-27-25-23-21-19-17-15-13-11-9-7-2/h8-11,14-17,20-23,26-29,33,35,42,45,78H,6-7,12-13,18-19,24-25,30-32,34,36-41,43-44,46-77H2,1-5H3/b10-8-,11-9-,16-14-,17-15-,22-20-,23-21-,28-26-,29-27-,35-33-,45-42-. The minimum Gasteiger partial charge on any atom is -0.756 e. The SMILES string of the molecule is CC/C=C\C/C=C\C/C=C\C/C=C\C/C=C\C/C=C\CCCCCCCCCCCCCCC(=O)OC(COC(=O)CCCCCCCCCCCCCCCCCCCCCCCC/C=C\C/C=C\C/C=C\C/C=C\CC)COP(=O)([O-])OCC[N+](C)(C)C. The Hall–Kier alpha value is -3.59. The van der Waals surface area contributed by atoms with Gasteiger partial charge in [-0.25, -0.2) is 0 Å². The number of likely N-dealkylation sites (N-methyl/N-ethyl adjacent to an activating group) is 1. The van der Waals surface area contributed by atoms with Gasteiger partial charge in [-0.05, 0) is 103 Å². The van der Waals surface area contributed by atoms with Crippen LogP contribution in [-0.4, -0.2) is 70.0 Å². The Balaban J connectivity index is 4.00. The lowest BCUT2D eigenvalue weighted by Crippen LogP contribution is -2.37. The maximum absolute atomic E-state index is 12.9. The third-order valence-electron chi connectivity index (χ3n) is 16.0. The van der Waals surface area contributed by atoms with Crippen molar-refractivity contribution in [2.75, 3.05) is 47.5 Å². The fraction of sp³-hybridized carbons (Fsp3) is 0.725. The summed E-state index contributed by atoms with van der Waals surface area (Å²) in [7, 11) is 1.17. The van der Waals surface area contributed by atoms with Gasteiger partial charge in [0.2, 0.25) is 0 Å². The van der Waals surface area contributed by atoms with Gasteiger partial charge in [0.25, 0.3) is 7.82 Å². The number of allylic oxidation sites excluding steroid dienone is 20. The highest BCUT2D eigenvalue weighted by Gasteiger charge is 2.22. The third-order valence-corrected chi connectivity index (χ3v) is 16.9. The molecule has 0 heterocycles. The predicted molar refractivity (Wildman–Crippen MR) is 388 cm³/mol. The van der Waals surface area contributed by atoms with Gasteiger partial charge in [-0.2, -0.15) is 0 Å². The molecule has 0 N–H and O–H groups in total. The van der Waals surface area contributed by atoms with E-state index < -0.39 is 26.5 Å². The zero-order valence-electron chi connectivity index (χ0n) is 59.1. The number of carbonyl (C=O) groups excluding carboxylic acids is 2. The molecular formula is C80H140NO8P. The highest BCUT2D eigenvalue weighted by atomic mass is 31.2. The quantitative estimate of drug-likeness (QED) is 0.0195. The van der Waals surface area contributed by atoms with Crippen LogP contribution in [0.25, 0.3) is 0 Å². The molecule has 0 aliphatic rings. The smallest absolute Gasteiger partial charge is 0.306 e. The summed E-state index contributed by atoms with van der Waals surface area (Å²) in [5.74, 6) is -0.827. The van der Waals surface area contributed by atoms with Crippen LogP contribution in [0.5, 0.6) is 0 Å². The molecule has 90 heavy (non-hydrogen) atoms. The number of hydrogen-bond acceptors (Lipinski definition) is 8. The second-order valence-corrected chi connectivity index (χ2v) is 27.3. The van der Waals surface area contributed by atoms with E-state index in [1.807, 2.05) is 21.1 Å². The summed E-state index contributed by atoms with van der Waals surface area (Å²) < 4.78 is 34.4. The Bertz CT molecular complexity index is 1940. The first-order chi connectivity index (χ1) is 44.0. The lowest BCUT2D eigenvalue weighted by molar-refractivity contribution is -0.870. The molecule has 0 rings (SSSR count). The molecule has 0 aliphatic heterocycles. The summed E-state index contributed by atoms with van der Waals surface area (Å²) in [6.07, 6.45) is 100. The predicted octanol–water partition coefficient (Wildman–Crippen LogP) is 24.0. The van der Waals surface area contributed by atoms with Crippen molar-refractivity contribution in [3.05, 3.63) is 122 Å². The fourth-order valence-electron chi connectivity index (χ4n) is 10.4. The lowest BCUT2D eigenvalue weighted by Gasteiger charge is -2.28. The van der Waals surface area contributed by atoms with Crippen LogP contribution in [0.1, 0.15) is 322 Å². The number of nitrogens with zero attached hydrogens (tertiary/aromatic N) is 1. The van der Waals surface area contributed by atoms with E-state index in [1.165, 1.54) is 186 Å². The lowest BCUT2D eigenvalue weighted by atomic mass is 10.0. The van der Waals surface area contributed by atoms with Crippen molar-refractivity contribution < 1.29 is 42.1 Å². The number of ether oxygens (including phenoxy) is 2. The van der Waals surface area contributed by atoms with E-state index in [4.69, 9.17) is 18.5 Å². The van der Waals surface area contributed by atoms with E-state index in [1.54, 1.807) is 0 Å². The first-order valence-electron chi connectivity index (χ1n) is 37.2. The minimum atomic E-state index is -4.65. The average molecular weight is 1270 g/mol. The number of carbonyl (C=O) groups is 2. The second-order valence-electron chi connectivity index (χ2n) is 25.9. The van der Waals surface area contributed by atoms with E-state index in [-0.39, 0.29) is 32.0 Å². The molecule has 0 amide bonds. The molecule has 0 spiro atoms. The topological polar surface area (TPSA) is 111 Å². The summed E-state index contributed by atoms with van der Waals surface area (Å²) >= 11 is 0. The number of esters is 2. The Morgan fingerprint density at radius 1 is 0.344 bits per heavy atom.